The Balaban J connectivity index is 1.80. The van der Waals surface area contributed by atoms with Crippen LogP contribution >= 0.6 is 0 Å². The first-order valence-electron chi connectivity index (χ1n) is 7.95. The topological polar surface area (TPSA) is 67.9 Å². The highest BCUT2D eigenvalue weighted by molar-refractivity contribution is 5.28. The Morgan fingerprint density at radius 2 is 1.46 bits per heavy atom. The van der Waals surface area contributed by atoms with Gasteiger partial charge in [-0.15, -0.1) is 0 Å². The van der Waals surface area contributed by atoms with Crippen LogP contribution in [0.4, 0.5) is 5.82 Å². The van der Waals surface area contributed by atoms with Crippen molar-refractivity contribution in [1.82, 2.24) is 19.9 Å². The van der Waals surface area contributed by atoms with E-state index in [1.54, 1.807) is 6.07 Å². The summed E-state index contributed by atoms with van der Waals surface area (Å²) in [7, 11) is 0. The standard InChI is InChI=1S/C19H21N5/c1-15-6-4-8-17(22-15)13-24(12-16-7-2-3-11-21-16)14-18-9-5-10-19(20)23-18/h2-11H,12-14H2,1H3,(H2,20,23). The molecule has 0 fully saturated rings. The maximum atomic E-state index is 5.81. The van der Waals surface area contributed by atoms with E-state index in [2.05, 4.69) is 19.9 Å². The van der Waals surface area contributed by atoms with E-state index in [0.717, 1.165) is 35.9 Å². The first-order valence-corrected chi connectivity index (χ1v) is 7.95. The molecular formula is C19H21N5. The average molecular weight is 319 g/mol. The van der Waals surface area contributed by atoms with E-state index in [1.165, 1.54) is 0 Å². The van der Waals surface area contributed by atoms with Gasteiger partial charge in [-0.25, -0.2) is 4.98 Å². The molecule has 122 valence electrons. The monoisotopic (exact) mass is 319 g/mol. The number of aryl methyl sites for hydroxylation is 1. The molecule has 0 aliphatic carbocycles. The maximum Gasteiger partial charge on any atom is 0.123 e. The zero-order valence-corrected chi connectivity index (χ0v) is 13.8. The number of pyridine rings is 3. The summed E-state index contributed by atoms with van der Waals surface area (Å²) in [6.45, 7) is 4.16. The molecular weight excluding hydrogens is 298 g/mol. The van der Waals surface area contributed by atoms with E-state index in [0.29, 0.717) is 12.4 Å². The summed E-state index contributed by atoms with van der Waals surface area (Å²) in [6, 6.07) is 17.8. The van der Waals surface area contributed by atoms with E-state index >= 15 is 0 Å². The summed E-state index contributed by atoms with van der Waals surface area (Å²) in [5, 5.41) is 0. The lowest BCUT2D eigenvalue weighted by Gasteiger charge is -2.21. The molecule has 24 heavy (non-hydrogen) atoms. The van der Waals surface area contributed by atoms with Crippen molar-refractivity contribution in [2.75, 3.05) is 5.73 Å². The van der Waals surface area contributed by atoms with E-state index < -0.39 is 0 Å². The molecule has 0 amide bonds. The van der Waals surface area contributed by atoms with Gasteiger partial charge in [0.15, 0.2) is 0 Å². The van der Waals surface area contributed by atoms with Crippen molar-refractivity contribution < 1.29 is 0 Å². The van der Waals surface area contributed by atoms with E-state index in [9.17, 15) is 0 Å². The highest BCUT2D eigenvalue weighted by Crippen LogP contribution is 2.12. The SMILES string of the molecule is Cc1cccc(CN(Cc2ccccn2)Cc2cccc(N)n2)n1. The average Bonchev–Trinajstić information content (AvgIpc) is 2.56. The third-order valence-electron chi connectivity index (χ3n) is 3.66. The van der Waals surface area contributed by atoms with Crippen molar-refractivity contribution in [3.05, 3.63) is 83.6 Å². The van der Waals surface area contributed by atoms with Gasteiger partial charge in [0, 0.05) is 31.5 Å². The number of hydrogen-bond acceptors (Lipinski definition) is 5. The number of nitrogens with two attached hydrogens (primary N) is 1. The van der Waals surface area contributed by atoms with Gasteiger partial charge in [-0.3, -0.25) is 14.9 Å². The number of hydrogen-bond donors (Lipinski definition) is 1. The molecule has 0 atom stereocenters. The molecule has 5 nitrogen and oxygen atoms in total. The van der Waals surface area contributed by atoms with Crippen LogP contribution in [0.5, 0.6) is 0 Å². The minimum atomic E-state index is 0.541. The molecule has 0 aromatic carbocycles. The molecule has 0 saturated heterocycles. The molecule has 0 aliphatic rings. The quantitative estimate of drug-likeness (QED) is 0.756. The second kappa shape index (κ2) is 7.66. The van der Waals surface area contributed by atoms with Crippen LogP contribution in [0.15, 0.2) is 60.8 Å². The van der Waals surface area contributed by atoms with Crippen molar-refractivity contribution >= 4 is 5.82 Å². The zero-order chi connectivity index (χ0) is 16.8. The number of anilines is 1. The Labute approximate surface area is 142 Å². The molecule has 3 aromatic rings. The fraction of sp³-hybridized carbons (Fsp3) is 0.211. The van der Waals surface area contributed by atoms with Crippen LogP contribution in [0.1, 0.15) is 22.8 Å². The zero-order valence-electron chi connectivity index (χ0n) is 13.8. The minimum absolute atomic E-state index is 0.541. The molecule has 3 rings (SSSR count). The molecule has 0 spiro atoms. The van der Waals surface area contributed by atoms with Crippen LogP contribution in [0.2, 0.25) is 0 Å². The predicted octanol–water partition coefficient (Wildman–Crippen LogP) is 2.96. The number of aromatic nitrogens is 3. The van der Waals surface area contributed by atoms with Crippen molar-refractivity contribution in [2.45, 2.75) is 26.6 Å². The van der Waals surface area contributed by atoms with Crippen molar-refractivity contribution in [3.8, 4) is 0 Å². The Bertz CT molecular complexity index is 741. The van der Waals surface area contributed by atoms with Crippen molar-refractivity contribution in [2.24, 2.45) is 0 Å². The summed E-state index contributed by atoms with van der Waals surface area (Å²) in [4.78, 5) is 15.7. The van der Waals surface area contributed by atoms with E-state index in [1.807, 2.05) is 61.7 Å². The minimum Gasteiger partial charge on any atom is -0.384 e. The first kappa shape index (κ1) is 16.1. The third-order valence-corrected chi connectivity index (χ3v) is 3.66. The Hall–Kier alpha value is -2.79. The lowest BCUT2D eigenvalue weighted by molar-refractivity contribution is 0.239. The van der Waals surface area contributed by atoms with Crippen LogP contribution < -0.4 is 5.73 Å². The molecule has 0 bridgehead atoms. The normalized spacial score (nSPS) is 10.9. The van der Waals surface area contributed by atoms with Gasteiger partial charge in [-0.2, -0.15) is 0 Å². The highest BCUT2D eigenvalue weighted by Gasteiger charge is 2.11. The molecule has 2 N–H and O–H groups in total. The lowest BCUT2D eigenvalue weighted by atomic mass is 10.2. The maximum absolute atomic E-state index is 5.81. The molecule has 0 radical (unpaired) electrons. The van der Waals surface area contributed by atoms with Crippen LogP contribution in [0.25, 0.3) is 0 Å². The Morgan fingerprint density at radius 3 is 2.12 bits per heavy atom. The Kier molecular flexibility index (Phi) is 5.13. The van der Waals surface area contributed by atoms with Crippen LogP contribution in [-0.2, 0) is 19.6 Å². The molecule has 3 aromatic heterocycles. The van der Waals surface area contributed by atoms with Gasteiger partial charge in [0.05, 0.1) is 17.1 Å². The highest BCUT2D eigenvalue weighted by atomic mass is 15.1. The van der Waals surface area contributed by atoms with Crippen molar-refractivity contribution in [1.29, 1.82) is 0 Å². The summed E-state index contributed by atoms with van der Waals surface area (Å²) in [5.74, 6) is 0.541. The molecule has 3 heterocycles. The van der Waals surface area contributed by atoms with Crippen LogP contribution in [0.3, 0.4) is 0 Å². The lowest BCUT2D eigenvalue weighted by Crippen LogP contribution is -2.24. The van der Waals surface area contributed by atoms with Gasteiger partial charge in [-0.1, -0.05) is 18.2 Å². The fourth-order valence-electron chi connectivity index (χ4n) is 2.62. The summed E-state index contributed by atoms with van der Waals surface area (Å²) < 4.78 is 0. The van der Waals surface area contributed by atoms with Crippen LogP contribution in [0, 0.1) is 6.92 Å². The van der Waals surface area contributed by atoms with Gasteiger partial charge in [-0.05, 0) is 43.3 Å². The van der Waals surface area contributed by atoms with Crippen molar-refractivity contribution in [3.63, 3.8) is 0 Å². The smallest absolute Gasteiger partial charge is 0.123 e. The number of rotatable bonds is 6. The van der Waals surface area contributed by atoms with E-state index in [4.69, 9.17) is 5.73 Å². The summed E-state index contributed by atoms with van der Waals surface area (Å²) in [5.41, 5.74) is 9.83. The Morgan fingerprint density at radius 1 is 0.792 bits per heavy atom. The van der Waals surface area contributed by atoms with Gasteiger partial charge in [0.2, 0.25) is 0 Å². The number of nitrogen functional groups attached to an aromatic ring is 1. The third kappa shape index (κ3) is 4.60. The summed E-state index contributed by atoms with van der Waals surface area (Å²) in [6.07, 6.45) is 1.82. The molecule has 5 heteroatoms. The molecule has 0 unspecified atom stereocenters. The van der Waals surface area contributed by atoms with Gasteiger partial charge >= 0.3 is 0 Å². The summed E-state index contributed by atoms with van der Waals surface area (Å²) >= 11 is 0. The second-order valence-electron chi connectivity index (χ2n) is 5.79. The van der Waals surface area contributed by atoms with Gasteiger partial charge < -0.3 is 5.73 Å². The van der Waals surface area contributed by atoms with Gasteiger partial charge in [0.25, 0.3) is 0 Å². The predicted molar refractivity (Wildman–Crippen MR) is 94.8 cm³/mol. The van der Waals surface area contributed by atoms with Gasteiger partial charge in [0.1, 0.15) is 5.82 Å². The number of nitrogens with zero attached hydrogens (tertiary/aromatic N) is 4. The second-order valence-corrected chi connectivity index (χ2v) is 5.79. The fourth-order valence-corrected chi connectivity index (χ4v) is 2.62. The largest absolute Gasteiger partial charge is 0.384 e. The molecule has 0 saturated carbocycles. The van der Waals surface area contributed by atoms with Crippen LogP contribution in [-0.4, -0.2) is 19.9 Å². The molecule has 0 aliphatic heterocycles. The van der Waals surface area contributed by atoms with E-state index in [-0.39, 0.29) is 0 Å². The first-order chi connectivity index (χ1) is 11.7.